The summed E-state index contributed by atoms with van der Waals surface area (Å²) in [6.07, 6.45) is 0.596. The number of benzene rings is 3. The van der Waals surface area contributed by atoms with Gasteiger partial charge in [-0.25, -0.2) is 5.01 Å². The van der Waals surface area contributed by atoms with Crippen molar-refractivity contribution in [3.8, 4) is 5.75 Å². The molecule has 3 aromatic carbocycles. The minimum absolute atomic E-state index is 0.130. The molecule has 0 fully saturated rings. The van der Waals surface area contributed by atoms with E-state index in [1.807, 2.05) is 80.7 Å². The van der Waals surface area contributed by atoms with Crippen LogP contribution in [0.3, 0.4) is 0 Å². The zero-order valence-corrected chi connectivity index (χ0v) is 25.3. The van der Waals surface area contributed by atoms with Crippen molar-refractivity contribution in [3.63, 3.8) is 0 Å². The van der Waals surface area contributed by atoms with Gasteiger partial charge in [-0.05, 0) is 54.4 Å². The second kappa shape index (κ2) is 12.7. The highest BCUT2D eigenvalue weighted by molar-refractivity contribution is 9.10. The number of hydrazone groups is 1. The minimum atomic E-state index is -0.237. The molecule has 0 radical (unpaired) electrons. The molecule has 0 bridgehead atoms. The van der Waals surface area contributed by atoms with E-state index < -0.39 is 0 Å². The van der Waals surface area contributed by atoms with E-state index in [9.17, 15) is 9.59 Å². The lowest BCUT2D eigenvalue weighted by Crippen LogP contribution is -2.28. The Bertz CT molecular complexity index is 1590. The number of nitrogens with zero attached hydrogens (tertiary/aromatic N) is 5. The van der Waals surface area contributed by atoms with Crippen LogP contribution in [0.2, 0.25) is 0 Å². The van der Waals surface area contributed by atoms with Crippen LogP contribution in [0.4, 0.5) is 0 Å². The second-order valence-electron chi connectivity index (χ2n) is 9.58. The van der Waals surface area contributed by atoms with Gasteiger partial charge in [-0.2, -0.15) is 5.10 Å². The quantitative estimate of drug-likeness (QED) is 0.251. The zero-order valence-electron chi connectivity index (χ0n) is 22.9. The zero-order chi connectivity index (χ0) is 28.9. The van der Waals surface area contributed by atoms with Crippen molar-refractivity contribution in [3.05, 3.63) is 105 Å². The lowest BCUT2D eigenvalue weighted by atomic mass is 9.98. The van der Waals surface area contributed by atoms with Gasteiger partial charge in [0.05, 0.1) is 31.2 Å². The summed E-state index contributed by atoms with van der Waals surface area (Å²) < 4.78 is 8.08. The summed E-state index contributed by atoms with van der Waals surface area (Å²) >= 11 is 4.77. The highest BCUT2D eigenvalue weighted by Gasteiger charge is 2.33. The summed E-state index contributed by atoms with van der Waals surface area (Å²) in [5.74, 6) is 1.15. The summed E-state index contributed by atoms with van der Waals surface area (Å²) in [6.45, 7) is 2.16. The third kappa shape index (κ3) is 6.68. The van der Waals surface area contributed by atoms with E-state index in [-0.39, 0.29) is 30.2 Å². The van der Waals surface area contributed by atoms with Crippen LogP contribution in [0, 0.1) is 6.92 Å². The molecule has 1 aromatic heterocycles. The fourth-order valence-corrected chi connectivity index (χ4v) is 5.55. The fraction of sp³-hybridized carbons (Fsp3) is 0.233. The third-order valence-electron chi connectivity index (χ3n) is 6.78. The van der Waals surface area contributed by atoms with Gasteiger partial charge in [0.1, 0.15) is 5.75 Å². The van der Waals surface area contributed by atoms with Gasteiger partial charge in [0.2, 0.25) is 0 Å². The largest absolute Gasteiger partial charge is 0.497 e. The van der Waals surface area contributed by atoms with Gasteiger partial charge in [0, 0.05) is 23.5 Å². The highest BCUT2D eigenvalue weighted by Crippen LogP contribution is 2.34. The molecule has 2 heterocycles. The van der Waals surface area contributed by atoms with Crippen molar-refractivity contribution in [2.75, 3.05) is 12.9 Å². The maximum absolute atomic E-state index is 13.5. The van der Waals surface area contributed by atoms with Crippen LogP contribution in [0.5, 0.6) is 5.75 Å². The Hall–Kier alpha value is -3.96. The smallest absolute Gasteiger partial charge is 0.253 e. The summed E-state index contributed by atoms with van der Waals surface area (Å²) in [6, 6.07) is 22.8. The van der Waals surface area contributed by atoms with Crippen LogP contribution >= 0.6 is 27.7 Å². The number of hydrogen-bond donors (Lipinski definition) is 1. The van der Waals surface area contributed by atoms with Gasteiger partial charge >= 0.3 is 0 Å². The molecule has 1 aliphatic rings. The van der Waals surface area contributed by atoms with Gasteiger partial charge < -0.3 is 14.6 Å². The number of amides is 2. The van der Waals surface area contributed by atoms with Crippen molar-refractivity contribution in [2.24, 2.45) is 12.1 Å². The summed E-state index contributed by atoms with van der Waals surface area (Å²) in [7, 11) is 3.45. The lowest BCUT2D eigenvalue weighted by Gasteiger charge is -2.22. The molecule has 11 heteroatoms. The van der Waals surface area contributed by atoms with E-state index in [0.717, 1.165) is 32.6 Å². The third-order valence-corrected chi connectivity index (χ3v) is 8.31. The fourth-order valence-electron chi connectivity index (χ4n) is 4.51. The number of hydrogen-bond acceptors (Lipinski definition) is 7. The van der Waals surface area contributed by atoms with Gasteiger partial charge in [-0.1, -0.05) is 69.7 Å². The Morgan fingerprint density at radius 1 is 1.07 bits per heavy atom. The average molecular weight is 634 g/mol. The predicted molar refractivity (Wildman–Crippen MR) is 162 cm³/mol. The molecule has 1 N–H and O–H groups in total. The molecule has 1 aliphatic heterocycles. The van der Waals surface area contributed by atoms with Gasteiger partial charge in [-0.15, -0.1) is 10.2 Å². The van der Waals surface area contributed by atoms with Crippen LogP contribution in [0.25, 0.3) is 0 Å². The number of aryl methyl sites for hydroxylation is 1. The van der Waals surface area contributed by atoms with Crippen molar-refractivity contribution >= 4 is 45.2 Å². The molecule has 210 valence electrons. The molecule has 9 nitrogen and oxygen atoms in total. The number of carbonyl (C=O) groups excluding carboxylic acids is 2. The molecule has 0 aliphatic carbocycles. The molecular formula is C30H29BrN6O3S. The number of nitrogens with one attached hydrogen (secondary N) is 1. The number of carbonyl (C=O) groups is 2. The summed E-state index contributed by atoms with van der Waals surface area (Å²) in [5, 5.41) is 18.3. The Morgan fingerprint density at radius 2 is 1.83 bits per heavy atom. The molecule has 0 saturated heterocycles. The second-order valence-corrected chi connectivity index (χ2v) is 11.4. The molecule has 0 spiro atoms. The number of halogens is 1. The standard InChI is InChI=1S/C30H29BrN6O3S/c1-19-5-4-6-22(15-19)29(39)32-17-27-33-34-30(36(27)2)41-18-28(38)37-26(21-9-13-24(40-3)14-10-21)16-25(35-37)20-7-11-23(31)12-8-20/h4-15,26H,16-18H2,1-3H3,(H,32,39)/t26-/m1/s1. The first-order valence-corrected chi connectivity index (χ1v) is 14.8. The number of thioether (sulfide) groups is 1. The van der Waals surface area contributed by atoms with Crippen LogP contribution < -0.4 is 10.1 Å². The number of ether oxygens (including phenoxy) is 1. The van der Waals surface area contributed by atoms with E-state index in [1.165, 1.54) is 11.8 Å². The molecular weight excluding hydrogens is 604 g/mol. The molecule has 4 aromatic rings. The maximum Gasteiger partial charge on any atom is 0.253 e. The lowest BCUT2D eigenvalue weighted by molar-refractivity contribution is -0.130. The molecule has 41 heavy (non-hydrogen) atoms. The van der Waals surface area contributed by atoms with Crippen molar-refractivity contribution in [1.29, 1.82) is 0 Å². The van der Waals surface area contributed by atoms with E-state index in [4.69, 9.17) is 9.84 Å². The van der Waals surface area contributed by atoms with E-state index in [0.29, 0.717) is 23.0 Å². The van der Waals surface area contributed by atoms with Crippen LogP contribution in [0.1, 0.15) is 45.3 Å². The topological polar surface area (TPSA) is 102 Å². The van der Waals surface area contributed by atoms with Crippen LogP contribution in [0.15, 0.2) is 87.5 Å². The predicted octanol–water partition coefficient (Wildman–Crippen LogP) is 5.29. The van der Waals surface area contributed by atoms with E-state index in [1.54, 1.807) is 22.8 Å². The van der Waals surface area contributed by atoms with Crippen molar-refractivity contribution < 1.29 is 14.3 Å². The van der Waals surface area contributed by atoms with Crippen LogP contribution in [-0.2, 0) is 18.4 Å². The number of aromatic nitrogens is 3. The molecule has 0 unspecified atom stereocenters. The van der Waals surface area contributed by atoms with E-state index >= 15 is 0 Å². The number of methoxy groups -OCH3 is 1. The first-order chi connectivity index (χ1) is 19.8. The first-order valence-electron chi connectivity index (χ1n) is 13.0. The molecule has 1 atom stereocenters. The minimum Gasteiger partial charge on any atom is -0.497 e. The SMILES string of the molecule is COc1ccc([C@H]2CC(c3ccc(Br)cc3)=NN2C(=O)CSc2nnc(CNC(=O)c3cccc(C)c3)n2C)cc1. The Kier molecular flexibility index (Phi) is 8.84. The van der Waals surface area contributed by atoms with Crippen LogP contribution in [-0.4, -0.2) is 50.2 Å². The highest BCUT2D eigenvalue weighted by atomic mass is 79.9. The molecule has 2 amide bonds. The van der Waals surface area contributed by atoms with E-state index in [2.05, 4.69) is 31.4 Å². The van der Waals surface area contributed by atoms with Crippen molar-refractivity contribution in [2.45, 2.75) is 31.1 Å². The Balaban J connectivity index is 1.27. The van der Waals surface area contributed by atoms with Gasteiger partial charge in [0.25, 0.3) is 11.8 Å². The Labute approximate surface area is 251 Å². The average Bonchev–Trinajstić information content (AvgIpc) is 3.59. The molecule has 5 rings (SSSR count). The van der Waals surface area contributed by atoms with Crippen molar-refractivity contribution in [1.82, 2.24) is 25.1 Å². The summed E-state index contributed by atoms with van der Waals surface area (Å²) in [4.78, 5) is 26.1. The molecule has 0 saturated carbocycles. The first kappa shape index (κ1) is 28.6. The summed E-state index contributed by atoms with van der Waals surface area (Å²) in [5.41, 5.74) is 4.40. The monoisotopic (exact) mass is 632 g/mol. The maximum atomic E-state index is 13.5. The van der Waals surface area contributed by atoms with Gasteiger partial charge in [0.15, 0.2) is 11.0 Å². The number of rotatable bonds is 9. The normalized spacial score (nSPS) is 14.6. The Morgan fingerprint density at radius 3 is 2.54 bits per heavy atom. The van der Waals surface area contributed by atoms with Gasteiger partial charge in [-0.3, -0.25) is 9.59 Å².